The molecule has 1 amide bonds. The highest BCUT2D eigenvalue weighted by Crippen LogP contribution is 2.16. The first-order chi connectivity index (χ1) is 9.54. The molecule has 2 aromatic rings. The number of carbonyl (C=O) groups is 1. The minimum atomic E-state index is -0.318. The predicted molar refractivity (Wildman–Crippen MR) is 80.0 cm³/mol. The monoisotopic (exact) mass is 269 g/mol. The van der Waals surface area contributed by atoms with Gasteiger partial charge < -0.3 is 5.32 Å². The first-order valence-electron chi connectivity index (χ1n) is 6.36. The quantitative estimate of drug-likeness (QED) is 0.835. The van der Waals surface area contributed by atoms with Gasteiger partial charge in [0.25, 0.3) is 0 Å². The van der Waals surface area contributed by atoms with Gasteiger partial charge in [-0.3, -0.25) is 4.79 Å². The number of nitrogens with one attached hydrogen (secondary N) is 1. The Balaban J connectivity index is 2.07. The van der Waals surface area contributed by atoms with E-state index in [2.05, 4.69) is 5.32 Å². The first-order valence-corrected chi connectivity index (χ1v) is 6.36. The zero-order valence-electron chi connectivity index (χ0n) is 11.5. The van der Waals surface area contributed by atoms with Crippen molar-refractivity contribution in [3.63, 3.8) is 0 Å². The molecule has 0 heterocycles. The molecule has 0 spiro atoms. The minimum Gasteiger partial charge on any atom is -0.322 e. The zero-order chi connectivity index (χ0) is 14.5. The van der Waals surface area contributed by atoms with Crippen LogP contribution in [0.15, 0.2) is 48.5 Å². The molecule has 0 bridgehead atoms. The van der Waals surface area contributed by atoms with E-state index in [0.29, 0.717) is 5.56 Å². The van der Waals surface area contributed by atoms with Gasteiger partial charge in [0.2, 0.25) is 5.91 Å². The van der Waals surface area contributed by atoms with Gasteiger partial charge in [-0.25, -0.2) is 4.39 Å². The van der Waals surface area contributed by atoms with Gasteiger partial charge in [0.15, 0.2) is 0 Å². The molecule has 0 saturated heterocycles. The van der Waals surface area contributed by atoms with E-state index in [1.807, 2.05) is 32.0 Å². The van der Waals surface area contributed by atoms with E-state index in [1.54, 1.807) is 18.2 Å². The second kappa shape index (κ2) is 6.15. The van der Waals surface area contributed by atoms with Crippen molar-refractivity contribution in [1.82, 2.24) is 0 Å². The van der Waals surface area contributed by atoms with E-state index in [1.165, 1.54) is 18.2 Å². The van der Waals surface area contributed by atoms with Crippen molar-refractivity contribution in [2.24, 2.45) is 0 Å². The summed E-state index contributed by atoms with van der Waals surface area (Å²) in [6, 6.07) is 12.0. The molecule has 3 heteroatoms. The smallest absolute Gasteiger partial charge is 0.248 e. The maximum absolute atomic E-state index is 13.0. The van der Waals surface area contributed by atoms with Gasteiger partial charge in [-0.15, -0.1) is 0 Å². The molecule has 0 aliphatic carbocycles. The standard InChI is InChI=1S/C17H16FNO/c1-12-6-7-13(2)16(10-12)19-17(20)9-8-14-4-3-5-15(18)11-14/h3-11H,1-2H3,(H,19,20)/b9-8+. The Labute approximate surface area is 118 Å². The Morgan fingerprint density at radius 1 is 1.15 bits per heavy atom. The maximum atomic E-state index is 13.0. The van der Waals surface area contributed by atoms with Crippen molar-refractivity contribution >= 4 is 17.7 Å². The van der Waals surface area contributed by atoms with Crippen molar-refractivity contribution < 1.29 is 9.18 Å². The second-order valence-electron chi connectivity index (χ2n) is 4.70. The third-order valence-corrected chi connectivity index (χ3v) is 2.93. The van der Waals surface area contributed by atoms with Crippen LogP contribution in [0.2, 0.25) is 0 Å². The fourth-order valence-electron chi connectivity index (χ4n) is 1.83. The van der Waals surface area contributed by atoms with Gasteiger partial charge in [-0.1, -0.05) is 24.3 Å². The van der Waals surface area contributed by atoms with Gasteiger partial charge >= 0.3 is 0 Å². The largest absolute Gasteiger partial charge is 0.322 e. The number of rotatable bonds is 3. The summed E-state index contributed by atoms with van der Waals surface area (Å²) in [4.78, 5) is 11.8. The molecule has 0 unspecified atom stereocenters. The molecule has 2 nitrogen and oxygen atoms in total. The third-order valence-electron chi connectivity index (χ3n) is 2.93. The molecular weight excluding hydrogens is 253 g/mol. The molecule has 2 rings (SSSR count). The molecule has 102 valence electrons. The summed E-state index contributed by atoms with van der Waals surface area (Å²) < 4.78 is 13.0. The van der Waals surface area contributed by atoms with Crippen LogP contribution >= 0.6 is 0 Å². The number of hydrogen-bond acceptors (Lipinski definition) is 1. The van der Waals surface area contributed by atoms with Gasteiger partial charge in [0, 0.05) is 11.8 Å². The van der Waals surface area contributed by atoms with Crippen molar-refractivity contribution in [2.45, 2.75) is 13.8 Å². The van der Waals surface area contributed by atoms with E-state index in [9.17, 15) is 9.18 Å². The van der Waals surface area contributed by atoms with Gasteiger partial charge in [0.1, 0.15) is 5.82 Å². The predicted octanol–water partition coefficient (Wildman–Crippen LogP) is 4.09. The summed E-state index contributed by atoms with van der Waals surface area (Å²) in [5.41, 5.74) is 3.53. The number of anilines is 1. The van der Waals surface area contributed by atoms with E-state index in [-0.39, 0.29) is 11.7 Å². The maximum Gasteiger partial charge on any atom is 0.248 e. The molecule has 0 saturated carbocycles. The van der Waals surface area contributed by atoms with E-state index < -0.39 is 0 Å². The van der Waals surface area contributed by atoms with Crippen LogP contribution in [0.4, 0.5) is 10.1 Å². The third kappa shape index (κ3) is 3.79. The fourth-order valence-corrected chi connectivity index (χ4v) is 1.83. The highest BCUT2D eigenvalue weighted by Gasteiger charge is 2.02. The Bertz CT molecular complexity index is 662. The molecule has 0 aliphatic rings. The van der Waals surface area contributed by atoms with Crippen molar-refractivity contribution in [2.75, 3.05) is 5.32 Å². The molecule has 1 N–H and O–H groups in total. The Kier molecular flexibility index (Phi) is 4.31. The van der Waals surface area contributed by atoms with Crippen LogP contribution < -0.4 is 5.32 Å². The van der Waals surface area contributed by atoms with Crippen LogP contribution in [0.3, 0.4) is 0 Å². The summed E-state index contributed by atoms with van der Waals surface area (Å²) in [5, 5.41) is 2.82. The number of halogens is 1. The summed E-state index contributed by atoms with van der Waals surface area (Å²) in [6.45, 7) is 3.91. The van der Waals surface area contributed by atoms with Crippen molar-refractivity contribution in [1.29, 1.82) is 0 Å². The second-order valence-corrected chi connectivity index (χ2v) is 4.70. The van der Waals surface area contributed by atoms with E-state index in [4.69, 9.17) is 0 Å². The number of hydrogen-bond donors (Lipinski definition) is 1. The summed E-state index contributed by atoms with van der Waals surface area (Å²) in [6.07, 6.45) is 2.99. The van der Waals surface area contributed by atoms with Crippen LogP contribution in [0.25, 0.3) is 6.08 Å². The van der Waals surface area contributed by atoms with Gasteiger partial charge in [0.05, 0.1) is 0 Å². The molecule has 0 fully saturated rings. The summed E-state index contributed by atoms with van der Waals surface area (Å²) in [7, 11) is 0. The average molecular weight is 269 g/mol. The highest BCUT2D eigenvalue weighted by molar-refractivity contribution is 6.02. The van der Waals surface area contributed by atoms with Crippen LogP contribution in [0, 0.1) is 19.7 Å². The number of aryl methyl sites for hydroxylation is 2. The molecule has 2 aromatic carbocycles. The highest BCUT2D eigenvalue weighted by atomic mass is 19.1. The van der Waals surface area contributed by atoms with Gasteiger partial charge in [-0.05, 0) is 54.8 Å². The van der Waals surface area contributed by atoms with E-state index >= 15 is 0 Å². The van der Waals surface area contributed by atoms with Crippen molar-refractivity contribution in [3.05, 3.63) is 71.0 Å². The Morgan fingerprint density at radius 3 is 2.70 bits per heavy atom. The normalized spacial score (nSPS) is 10.8. The van der Waals surface area contributed by atoms with Crippen LogP contribution in [-0.2, 0) is 4.79 Å². The molecule has 0 aliphatic heterocycles. The lowest BCUT2D eigenvalue weighted by molar-refractivity contribution is -0.111. The van der Waals surface area contributed by atoms with E-state index in [0.717, 1.165) is 16.8 Å². The Hall–Kier alpha value is -2.42. The first kappa shape index (κ1) is 14.0. The van der Waals surface area contributed by atoms with Gasteiger partial charge in [-0.2, -0.15) is 0 Å². The lowest BCUT2D eigenvalue weighted by Crippen LogP contribution is -2.09. The molecular formula is C17H16FNO. The summed E-state index contributed by atoms with van der Waals surface area (Å²) >= 11 is 0. The average Bonchev–Trinajstić information content (AvgIpc) is 2.41. The number of amides is 1. The van der Waals surface area contributed by atoms with Crippen LogP contribution in [0.5, 0.6) is 0 Å². The fraction of sp³-hybridized carbons (Fsp3) is 0.118. The number of benzene rings is 2. The topological polar surface area (TPSA) is 29.1 Å². The Morgan fingerprint density at radius 2 is 1.95 bits per heavy atom. The number of carbonyl (C=O) groups excluding carboxylic acids is 1. The molecule has 0 aromatic heterocycles. The molecule has 0 radical (unpaired) electrons. The van der Waals surface area contributed by atoms with Crippen LogP contribution in [0.1, 0.15) is 16.7 Å². The molecule has 0 atom stereocenters. The zero-order valence-corrected chi connectivity index (χ0v) is 11.5. The van der Waals surface area contributed by atoms with Crippen LogP contribution in [-0.4, -0.2) is 5.91 Å². The minimum absolute atomic E-state index is 0.233. The molecule has 20 heavy (non-hydrogen) atoms. The lowest BCUT2D eigenvalue weighted by Gasteiger charge is -2.07. The van der Waals surface area contributed by atoms with Crippen molar-refractivity contribution in [3.8, 4) is 0 Å². The summed E-state index contributed by atoms with van der Waals surface area (Å²) in [5.74, 6) is -0.551. The SMILES string of the molecule is Cc1ccc(C)c(NC(=O)/C=C/c2cccc(F)c2)c1. The lowest BCUT2D eigenvalue weighted by atomic mass is 10.1.